The first-order valence-electron chi connectivity index (χ1n) is 3.56. The number of hydrogen-bond acceptors (Lipinski definition) is 3. The lowest BCUT2D eigenvalue weighted by atomic mass is 10.2. The van der Waals surface area contributed by atoms with Gasteiger partial charge in [0.25, 0.3) is 0 Å². The molecular weight excluding hydrogens is 186 g/mol. The molecule has 0 saturated carbocycles. The van der Waals surface area contributed by atoms with Crippen LogP contribution in [0.25, 0.3) is 10.6 Å². The maximum absolute atomic E-state index is 4.23. The zero-order valence-electron chi connectivity index (χ0n) is 6.27. The van der Waals surface area contributed by atoms with Gasteiger partial charge in [0.2, 0.25) is 0 Å². The van der Waals surface area contributed by atoms with Crippen LogP contribution in [0, 0.1) is 0 Å². The van der Waals surface area contributed by atoms with E-state index in [1.165, 1.54) is 0 Å². The van der Waals surface area contributed by atoms with E-state index in [-0.39, 0.29) is 0 Å². The molecule has 0 radical (unpaired) electrons. The van der Waals surface area contributed by atoms with Crippen molar-refractivity contribution in [3.63, 3.8) is 0 Å². The van der Waals surface area contributed by atoms with Crippen molar-refractivity contribution in [1.29, 1.82) is 0 Å². The van der Waals surface area contributed by atoms with E-state index < -0.39 is 0 Å². The molecule has 0 amide bonds. The summed E-state index contributed by atoms with van der Waals surface area (Å²) in [4.78, 5) is 4.23. The maximum atomic E-state index is 4.23. The molecule has 1 nitrogen and oxygen atoms in total. The van der Waals surface area contributed by atoms with Gasteiger partial charge in [-0.2, -0.15) is 0 Å². The molecule has 1 aromatic heterocycles. The second-order valence-electron chi connectivity index (χ2n) is 2.37. The van der Waals surface area contributed by atoms with Crippen LogP contribution in [0.1, 0.15) is 0 Å². The second-order valence-corrected chi connectivity index (χ2v) is 4.18. The van der Waals surface area contributed by atoms with E-state index in [1.54, 1.807) is 17.5 Å². The van der Waals surface area contributed by atoms with E-state index in [0.717, 1.165) is 14.8 Å². The topological polar surface area (TPSA) is 12.9 Å². The normalized spacial score (nSPS) is 10.1. The molecule has 0 aliphatic carbocycles. The van der Waals surface area contributed by atoms with Crippen LogP contribution < -0.4 is 0 Å². The quantitative estimate of drug-likeness (QED) is 0.687. The number of thiazole rings is 1. The molecule has 0 spiro atoms. The van der Waals surface area contributed by atoms with Gasteiger partial charge in [-0.25, -0.2) is 4.98 Å². The summed E-state index contributed by atoms with van der Waals surface area (Å²) in [5, 5.41) is 1.03. The average molecular weight is 193 g/mol. The molecule has 0 N–H and O–H groups in total. The van der Waals surface area contributed by atoms with E-state index in [9.17, 15) is 0 Å². The van der Waals surface area contributed by atoms with Gasteiger partial charge in [0.1, 0.15) is 5.01 Å². The first-order valence-corrected chi connectivity index (χ1v) is 4.83. The standard InChI is InChI=1S/C9H7NS2/c11-8-6-10-9(12-8)7-4-2-1-3-5-7/h1-6,11H. The van der Waals surface area contributed by atoms with Gasteiger partial charge < -0.3 is 0 Å². The number of nitrogens with zero attached hydrogens (tertiary/aromatic N) is 1. The molecule has 0 aliphatic heterocycles. The van der Waals surface area contributed by atoms with Gasteiger partial charge in [-0.15, -0.1) is 24.0 Å². The summed E-state index contributed by atoms with van der Waals surface area (Å²) in [5.41, 5.74) is 1.16. The highest BCUT2D eigenvalue weighted by Crippen LogP contribution is 2.26. The first kappa shape index (κ1) is 7.83. The number of hydrogen-bond donors (Lipinski definition) is 1. The third kappa shape index (κ3) is 1.52. The van der Waals surface area contributed by atoms with Gasteiger partial charge >= 0.3 is 0 Å². The van der Waals surface area contributed by atoms with Crippen LogP contribution in [0.3, 0.4) is 0 Å². The first-order chi connectivity index (χ1) is 5.86. The Morgan fingerprint density at radius 1 is 1.17 bits per heavy atom. The highest BCUT2D eigenvalue weighted by atomic mass is 32.2. The predicted octanol–water partition coefficient (Wildman–Crippen LogP) is 3.10. The molecule has 0 atom stereocenters. The highest BCUT2D eigenvalue weighted by Gasteiger charge is 2.00. The zero-order valence-corrected chi connectivity index (χ0v) is 7.98. The smallest absolute Gasteiger partial charge is 0.124 e. The Labute approximate surface area is 80.5 Å². The SMILES string of the molecule is Sc1cnc(-c2ccccc2)s1. The van der Waals surface area contributed by atoms with Crippen LogP contribution in [0.2, 0.25) is 0 Å². The zero-order chi connectivity index (χ0) is 8.39. The number of benzene rings is 1. The largest absolute Gasteiger partial charge is 0.243 e. The van der Waals surface area contributed by atoms with Crippen molar-refractivity contribution in [3.05, 3.63) is 36.5 Å². The van der Waals surface area contributed by atoms with Crippen LogP contribution >= 0.6 is 24.0 Å². The predicted molar refractivity (Wildman–Crippen MR) is 54.8 cm³/mol. The molecule has 60 valence electrons. The van der Waals surface area contributed by atoms with Crippen molar-refractivity contribution >= 4 is 24.0 Å². The molecule has 0 fully saturated rings. The maximum Gasteiger partial charge on any atom is 0.124 e. The van der Waals surface area contributed by atoms with Crippen LogP contribution in [-0.4, -0.2) is 4.98 Å². The van der Waals surface area contributed by atoms with Crippen LogP contribution in [-0.2, 0) is 0 Å². The second kappa shape index (κ2) is 3.29. The van der Waals surface area contributed by atoms with E-state index in [2.05, 4.69) is 17.6 Å². The number of aromatic nitrogens is 1. The molecule has 3 heteroatoms. The van der Waals surface area contributed by atoms with Crippen molar-refractivity contribution in [2.45, 2.75) is 4.21 Å². The fraction of sp³-hybridized carbons (Fsp3) is 0. The van der Waals surface area contributed by atoms with Crippen molar-refractivity contribution < 1.29 is 0 Å². The summed E-state index contributed by atoms with van der Waals surface area (Å²) < 4.78 is 0.953. The van der Waals surface area contributed by atoms with Gasteiger partial charge in [0.05, 0.1) is 10.4 Å². The lowest BCUT2D eigenvalue weighted by Crippen LogP contribution is -1.71. The lowest BCUT2D eigenvalue weighted by molar-refractivity contribution is 1.37. The van der Waals surface area contributed by atoms with Gasteiger partial charge in [-0.3, -0.25) is 0 Å². The Hall–Kier alpha value is -0.800. The van der Waals surface area contributed by atoms with E-state index in [0.29, 0.717) is 0 Å². The van der Waals surface area contributed by atoms with Gasteiger partial charge in [0.15, 0.2) is 0 Å². The Kier molecular flexibility index (Phi) is 2.15. The number of thiol groups is 1. The summed E-state index contributed by atoms with van der Waals surface area (Å²) in [6.45, 7) is 0. The van der Waals surface area contributed by atoms with Crippen molar-refractivity contribution in [3.8, 4) is 10.6 Å². The molecule has 0 unspecified atom stereocenters. The van der Waals surface area contributed by atoms with Crippen molar-refractivity contribution in [2.24, 2.45) is 0 Å². The molecule has 1 aromatic carbocycles. The highest BCUT2D eigenvalue weighted by molar-refractivity contribution is 7.83. The van der Waals surface area contributed by atoms with Gasteiger partial charge in [0, 0.05) is 5.56 Å². The summed E-state index contributed by atoms with van der Waals surface area (Å²) in [6, 6.07) is 10.1. The molecular formula is C9H7NS2. The Morgan fingerprint density at radius 2 is 1.92 bits per heavy atom. The Balaban J connectivity index is 2.45. The molecule has 2 aromatic rings. The minimum Gasteiger partial charge on any atom is -0.243 e. The van der Waals surface area contributed by atoms with E-state index in [1.807, 2.05) is 30.3 Å². The average Bonchev–Trinajstić information content (AvgIpc) is 2.54. The summed E-state index contributed by atoms with van der Waals surface area (Å²) in [6.07, 6.45) is 1.77. The van der Waals surface area contributed by atoms with Crippen molar-refractivity contribution in [1.82, 2.24) is 4.98 Å². The van der Waals surface area contributed by atoms with E-state index >= 15 is 0 Å². The molecule has 0 aliphatic rings. The molecule has 0 bridgehead atoms. The summed E-state index contributed by atoms with van der Waals surface area (Å²) in [5.74, 6) is 0. The third-order valence-electron chi connectivity index (χ3n) is 1.51. The van der Waals surface area contributed by atoms with Crippen LogP contribution in [0.5, 0.6) is 0 Å². The fourth-order valence-electron chi connectivity index (χ4n) is 0.980. The minimum absolute atomic E-state index is 0.953. The third-order valence-corrected chi connectivity index (χ3v) is 2.75. The van der Waals surface area contributed by atoms with E-state index in [4.69, 9.17) is 0 Å². The number of rotatable bonds is 1. The molecule has 0 saturated heterocycles. The van der Waals surface area contributed by atoms with Crippen LogP contribution in [0.4, 0.5) is 0 Å². The van der Waals surface area contributed by atoms with Crippen LogP contribution in [0.15, 0.2) is 40.7 Å². The molecule has 12 heavy (non-hydrogen) atoms. The summed E-state index contributed by atoms with van der Waals surface area (Å²) >= 11 is 5.81. The minimum atomic E-state index is 0.953. The Bertz CT molecular complexity index is 367. The fourth-order valence-corrected chi connectivity index (χ4v) is 1.96. The van der Waals surface area contributed by atoms with Crippen molar-refractivity contribution in [2.75, 3.05) is 0 Å². The lowest BCUT2D eigenvalue weighted by Gasteiger charge is -1.92. The van der Waals surface area contributed by atoms with Gasteiger partial charge in [-0.1, -0.05) is 30.3 Å². The Morgan fingerprint density at radius 3 is 2.50 bits per heavy atom. The molecule has 1 heterocycles. The molecule has 2 rings (SSSR count). The monoisotopic (exact) mass is 193 g/mol. The summed E-state index contributed by atoms with van der Waals surface area (Å²) in [7, 11) is 0. The van der Waals surface area contributed by atoms with Gasteiger partial charge in [-0.05, 0) is 0 Å².